The number of rotatable bonds is 6. The van der Waals surface area contributed by atoms with Gasteiger partial charge in [0.1, 0.15) is 18.5 Å². The Hall–Kier alpha value is -4.20. The molecule has 0 spiro atoms. The molecule has 0 saturated carbocycles. The predicted molar refractivity (Wildman–Crippen MR) is 120 cm³/mol. The van der Waals surface area contributed by atoms with Gasteiger partial charge in [0.25, 0.3) is 5.91 Å². The zero-order valence-electron chi connectivity index (χ0n) is 17.7. The summed E-state index contributed by atoms with van der Waals surface area (Å²) in [5.74, 6) is -2.93. The van der Waals surface area contributed by atoms with Crippen LogP contribution in [0.1, 0.15) is 34.3 Å². The standard InChI is InChI=1S/C25H21FN2O5/c1-14(24(30)31)27-23(29)20-12-15(26)10-11-22(20)28-25(32)33-13-21-18-8-4-2-6-16(18)17-7-3-5-9-19(17)21/h2-12,14,21H,13H2,1H3,(H,27,29)(H,28,32)(H,30,31). The van der Waals surface area contributed by atoms with Crippen molar-refractivity contribution in [1.29, 1.82) is 0 Å². The molecule has 4 rings (SSSR count). The Bertz CT molecular complexity index is 1200. The van der Waals surface area contributed by atoms with Crippen molar-refractivity contribution < 1.29 is 28.6 Å². The molecule has 33 heavy (non-hydrogen) atoms. The van der Waals surface area contributed by atoms with Crippen LogP contribution in [0.25, 0.3) is 11.1 Å². The first kappa shape index (κ1) is 22.0. The number of carboxylic acid groups (broad SMARTS) is 1. The first-order valence-electron chi connectivity index (χ1n) is 10.3. The van der Waals surface area contributed by atoms with Gasteiger partial charge in [-0.05, 0) is 47.4 Å². The normalized spacial score (nSPS) is 12.9. The fraction of sp³-hybridized carbons (Fsp3) is 0.160. The highest BCUT2D eigenvalue weighted by atomic mass is 19.1. The van der Waals surface area contributed by atoms with E-state index in [9.17, 15) is 18.8 Å². The highest BCUT2D eigenvalue weighted by molar-refractivity contribution is 6.03. The molecule has 0 aliphatic heterocycles. The van der Waals surface area contributed by atoms with E-state index in [1.165, 1.54) is 13.0 Å². The molecule has 0 aromatic heterocycles. The average molecular weight is 448 g/mol. The van der Waals surface area contributed by atoms with Crippen molar-refractivity contribution in [2.24, 2.45) is 0 Å². The lowest BCUT2D eigenvalue weighted by molar-refractivity contribution is -0.138. The van der Waals surface area contributed by atoms with Crippen LogP contribution in [0.3, 0.4) is 0 Å². The molecule has 0 fully saturated rings. The minimum atomic E-state index is -1.24. The number of hydrogen-bond donors (Lipinski definition) is 3. The topological polar surface area (TPSA) is 105 Å². The van der Waals surface area contributed by atoms with E-state index in [4.69, 9.17) is 9.84 Å². The highest BCUT2D eigenvalue weighted by Gasteiger charge is 2.29. The zero-order valence-corrected chi connectivity index (χ0v) is 17.7. The van der Waals surface area contributed by atoms with Crippen LogP contribution in [0.2, 0.25) is 0 Å². The SMILES string of the molecule is CC(NC(=O)c1cc(F)ccc1NC(=O)OCC1c2ccccc2-c2ccccc21)C(=O)O. The van der Waals surface area contributed by atoms with Gasteiger partial charge in [-0.25, -0.2) is 9.18 Å². The Labute approximate surface area is 189 Å². The van der Waals surface area contributed by atoms with E-state index in [-0.39, 0.29) is 23.8 Å². The van der Waals surface area contributed by atoms with Crippen LogP contribution in [0.5, 0.6) is 0 Å². The molecule has 168 valence electrons. The molecule has 1 aliphatic rings. The molecule has 1 atom stereocenters. The molecule has 8 heteroatoms. The summed E-state index contributed by atoms with van der Waals surface area (Å²) in [7, 11) is 0. The van der Waals surface area contributed by atoms with E-state index in [1.807, 2.05) is 48.5 Å². The Morgan fingerprint density at radius 1 is 1.00 bits per heavy atom. The Morgan fingerprint density at radius 3 is 2.21 bits per heavy atom. The number of anilines is 1. The van der Waals surface area contributed by atoms with Gasteiger partial charge in [-0.3, -0.25) is 14.9 Å². The van der Waals surface area contributed by atoms with Crippen LogP contribution in [-0.2, 0) is 9.53 Å². The minimum Gasteiger partial charge on any atom is -0.480 e. The smallest absolute Gasteiger partial charge is 0.411 e. The summed E-state index contributed by atoms with van der Waals surface area (Å²) in [6.07, 6.45) is -0.816. The molecule has 0 radical (unpaired) electrons. The van der Waals surface area contributed by atoms with E-state index in [1.54, 1.807) is 0 Å². The lowest BCUT2D eigenvalue weighted by atomic mass is 9.98. The van der Waals surface area contributed by atoms with Crippen LogP contribution < -0.4 is 10.6 Å². The van der Waals surface area contributed by atoms with Crippen molar-refractivity contribution in [3.63, 3.8) is 0 Å². The number of halogens is 1. The number of ether oxygens (including phenoxy) is 1. The van der Waals surface area contributed by atoms with Crippen LogP contribution in [-0.4, -0.2) is 35.7 Å². The molecule has 0 bridgehead atoms. The maximum absolute atomic E-state index is 13.7. The molecule has 3 N–H and O–H groups in total. The Kier molecular flexibility index (Phi) is 6.08. The molecular formula is C25H21FN2O5. The molecule has 0 saturated heterocycles. The third kappa shape index (κ3) is 4.55. The minimum absolute atomic E-state index is 0.00344. The molecule has 2 amide bonds. The van der Waals surface area contributed by atoms with Gasteiger partial charge < -0.3 is 15.2 Å². The Morgan fingerprint density at radius 2 is 1.61 bits per heavy atom. The monoisotopic (exact) mass is 448 g/mol. The van der Waals surface area contributed by atoms with Crippen LogP contribution >= 0.6 is 0 Å². The van der Waals surface area contributed by atoms with Gasteiger partial charge in [0.15, 0.2) is 0 Å². The van der Waals surface area contributed by atoms with Crippen molar-refractivity contribution in [3.8, 4) is 11.1 Å². The average Bonchev–Trinajstić information content (AvgIpc) is 3.12. The van der Waals surface area contributed by atoms with Crippen molar-refractivity contribution in [2.75, 3.05) is 11.9 Å². The van der Waals surface area contributed by atoms with E-state index < -0.39 is 29.8 Å². The molecule has 3 aromatic carbocycles. The molecule has 7 nitrogen and oxygen atoms in total. The number of amides is 2. The molecule has 0 heterocycles. The Balaban J connectivity index is 1.48. The number of carbonyl (C=O) groups is 3. The second-order valence-electron chi connectivity index (χ2n) is 7.67. The van der Waals surface area contributed by atoms with E-state index >= 15 is 0 Å². The molecular weight excluding hydrogens is 427 g/mol. The van der Waals surface area contributed by atoms with Gasteiger partial charge in [0, 0.05) is 5.92 Å². The second-order valence-corrected chi connectivity index (χ2v) is 7.67. The first-order chi connectivity index (χ1) is 15.8. The largest absolute Gasteiger partial charge is 0.480 e. The van der Waals surface area contributed by atoms with Gasteiger partial charge in [-0.1, -0.05) is 48.5 Å². The lowest BCUT2D eigenvalue weighted by Gasteiger charge is -2.16. The van der Waals surface area contributed by atoms with Crippen molar-refractivity contribution in [2.45, 2.75) is 18.9 Å². The molecule has 3 aromatic rings. The highest BCUT2D eigenvalue weighted by Crippen LogP contribution is 2.44. The van der Waals surface area contributed by atoms with Crippen molar-refractivity contribution in [3.05, 3.63) is 89.2 Å². The van der Waals surface area contributed by atoms with Gasteiger partial charge in [0.05, 0.1) is 11.3 Å². The summed E-state index contributed by atoms with van der Waals surface area (Å²) in [6.45, 7) is 1.34. The van der Waals surface area contributed by atoms with Gasteiger partial charge in [0.2, 0.25) is 0 Å². The summed E-state index contributed by atoms with van der Waals surface area (Å²) >= 11 is 0. The van der Waals surface area contributed by atoms with E-state index in [0.717, 1.165) is 34.4 Å². The second kappa shape index (κ2) is 9.12. The summed E-state index contributed by atoms with van der Waals surface area (Å²) in [5, 5.41) is 13.7. The first-order valence-corrected chi connectivity index (χ1v) is 10.3. The number of aliphatic carboxylic acids is 1. The fourth-order valence-electron chi connectivity index (χ4n) is 3.89. The maximum Gasteiger partial charge on any atom is 0.411 e. The number of nitrogens with one attached hydrogen (secondary N) is 2. The third-order valence-corrected chi connectivity index (χ3v) is 5.52. The number of hydrogen-bond acceptors (Lipinski definition) is 4. The maximum atomic E-state index is 13.7. The van der Waals surface area contributed by atoms with Gasteiger partial charge in [-0.2, -0.15) is 0 Å². The number of carboxylic acids is 1. The fourth-order valence-corrected chi connectivity index (χ4v) is 3.89. The summed E-state index contributed by atoms with van der Waals surface area (Å²) < 4.78 is 19.2. The third-order valence-electron chi connectivity index (χ3n) is 5.52. The van der Waals surface area contributed by atoms with E-state index in [2.05, 4.69) is 10.6 Å². The summed E-state index contributed by atoms with van der Waals surface area (Å²) in [6, 6.07) is 17.8. The predicted octanol–water partition coefficient (Wildman–Crippen LogP) is 4.39. The zero-order chi connectivity index (χ0) is 23.5. The molecule has 1 unspecified atom stereocenters. The number of benzene rings is 3. The lowest BCUT2D eigenvalue weighted by Crippen LogP contribution is -2.38. The number of carbonyl (C=O) groups excluding carboxylic acids is 2. The van der Waals surface area contributed by atoms with Gasteiger partial charge in [-0.15, -0.1) is 0 Å². The number of fused-ring (bicyclic) bond motifs is 3. The van der Waals surface area contributed by atoms with E-state index in [0.29, 0.717) is 0 Å². The van der Waals surface area contributed by atoms with Crippen LogP contribution in [0, 0.1) is 5.82 Å². The summed E-state index contributed by atoms with van der Waals surface area (Å²) in [5.41, 5.74) is 4.08. The van der Waals surface area contributed by atoms with Crippen molar-refractivity contribution >= 4 is 23.7 Å². The molecule has 1 aliphatic carbocycles. The van der Waals surface area contributed by atoms with Gasteiger partial charge >= 0.3 is 12.1 Å². The summed E-state index contributed by atoms with van der Waals surface area (Å²) in [4.78, 5) is 36.0. The van der Waals surface area contributed by atoms with Crippen LogP contribution in [0.4, 0.5) is 14.9 Å². The van der Waals surface area contributed by atoms with Crippen LogP contribution in [0.15, 0.2) is 66.7 Å². The quantitative estimate of drug-likeness (QED) is 0.519. The van der Waals surface area contributed by atoms with Crippen molar-refractivity contribution in [1.82, 2.24) is 5.32 Å².